The highest BCUT2D eigenvalue weighted by molar-refractivity contribution is 5.83. The number of ether oxygens (including phenoxy) is 3. The average Bonchev–Trinajstić information content (AvgIpc) is 3.30. The van der Waals surface area contributed by atoms with Crippen LogP contribution in [0.1, 0.15) is 62.6 Å². The summed E-state index contributed by atoms with van der Waals surface area (Å²) in [6.07, 6.45) is 1.22. The number of aliphatic hydroxyl groups excluding tert-OH is 1. The lowest BCUT2D eigenvalue weighted by molar-refractivity contribution is -0.175. The van der Waals surface area contributed by atoms with Gasteiger partial charge in [-0.05, 0) is 58.3 Å². The van der Waals surface area contributed by atoms with Crippen molar-refractivity contribution in [1.29, 1.82) is 0 Å². The van der Waals surface area contributed by atoms with Crippen molar-refractivity contribution in [2.45, 2.75) is 94.3 Å². The molecular weight excluding hydrogens is 546 g/mol. The van der Waals surface area contributed by atoms with Gasteiger partial charge >= 0.3 is 11.9 Å². The third-order valence-electron chi connectivity index (χ3n) is 9.34. The summed E-state index contributed by atoms with van der Waals surface area (Å²) in [4.78, 5) is 50.7. The number of likely N-dealkylation sites (N-methyl/N-ethyl adjacent to an activating group) is 1. The van der Waals surface area contributed by atoms with E-state index in [-0.39, 0.29) is 62.3 Å². The van der Waals surface area contributed by atoms with Gasteiger partial charge < -0.3 is 40.4 Å². The molecule has 5 rings (SSSR count). The number of hydrogen-bond donors (Lipinski definition) is 4. The fourth-order valence-electron chi connectivity index (χ4n) is 7.02. The lowest BCUT2D eigenvalue weighted by Gasteiger charge is -2.61. The normalized spacial score (nSPS) is 28.5. The first-order chi connectivity index (χ1) is 19.9. The van der Waals surface area contributed by atoms with Crippen molar-refractivity contribution in [1.82, 2.24) is 10.2 Å². The van der Waals surface area contributed by atoms with Gasteiger partial charge in [0.15, 0.2) is 12.2 Å². The number of aliphatic hydroxyl groups is 2. The smallest absolute Gasteiger partial charge is 0.352 e. The van der Waals surface area contributed by atoms with E-state index in [0.717, 1.165) is 11.1 Å². The summed E-state index contributed by atoms with van der Waals surface area (Å²) in [6, 6.07) is 2.96. The van der Waals surface area contributed by atoms with Gasteiger partial charge in [-0.15, -0.1) is 0 Å². The summed E-state index contributed by atoms with van der Waals surface area (Å²) in [7, 11) is 2.00. The fourth-order valence-corrected chi connectivity index (χ4v) is 7.02. The molecule has 42 heavy (non-hydrogen) atoms. The van der Waals surface area contributed by atoms with Gasteiger partial charge in [0, 0.05) is 36.6 Å². The Balaban J connectivity index is 1.23. The largest absolute Gasteiger partial charge is 0.481 e. The third-order valence-corrected chi connectivity index (χ3v) is 9.34. The molecule has 5 N–H and O–H groups in total. The van der Waals surface area contributed by atoms with Gasteiger partial charge in [-0.25, -0.2) is 4.79 Å². The number of esters is 2. The Hall–Kier alpha value is -3.32. The van der Waals surface area contributed by atoms with E-state index >= 15 is 0 Å². The maximum atomic E-state index is 13.1. The Morgan fingerprint density at radius 2 is 2.02 bits per heavy atom. The van der Waals surface area contributed by atoms with Gasteiger partial charge in [0.05, 0.1) is 30.1 Å². The number of carbonyl (C=O) groups excluding carboxylic acids is 4. The Morgan fingerprint density at radius 3 is 2.74 bits per heavy atom. The second kappa shape index (κ2) is 11.4. The zero-order valence-corrected chi connectivity index (χ0v) is 24.2. The molecular formula is C30H39N3O9. The van der Waals surface area contributed by atoms with Crippen molar-refractivity contribution >= 4 is 23.6 Å². The molecule has 0 unspecified atom stereocenters. The van der Waals surface area contributed by atoms with Crippen molar-refractivity contribution in [2.24, 2.45) is 5.73 Å². The van der Waals surface area contributed by atoms with E-state index in [2.05, 4.69) is 10.2 Å². The predicted molar refractivity (Wildman–Crippen MR) is 148 cm³/mol. The van der Waals surface area contributed by atoms with Crippen LogP contribution in [0, 0.1) is 0 Å². The molecule has 1 aromatic carbocycles. The Bertz CT molecular complexity index is 1330. The molecule has 1 aromatic rings. The van der Waals surface area contributed by atoms with Gasteiger partial charge in [0.25, 0.3) is 0 Å². The zero-order valence-electron chi connectivity index (χ0n) is 24.2. The summed E-state index contributed by atoms with van der Waals surface area (Å²) in [6.45, 7) is 3.24. The molecule has 0 saturated carbocycles. The highest BCUT2D eigenvalue weighted by Gasteiger charge is 2.71. The van der Waals surface area contributed by atoms with Crippen LogP contribution in [0.5, 0.6) is 5.75 Å². The molecule has 12 heteroatoms. The maximum Gasteiger partial charge on any atom is 0.352 e. The van der Waals surface area contributed by atoms with E-state index in [4.69, 9.17) is 19.9 Å². The maximum absolute atomic E-state index is 13.1. The van der Waals surface area contributed by atoms with E-state index in [1.54, 1.807) is 6.08 Å². The van der Waals surface area contributed by atoms with Crippen LogP contribution < -0.4 is 15.8 Å². The SMILES string of the molecule is CC(=O)[C@@H](N)CCC(=O)NCCC(=O)O[C@@H](C)C(=O)OC1=CC[C@@]2(O)[C@H]3Cc4ccc(CO)c5c4[C@@]2(CCN3C)[C@H]1O5. The van der Waals surface area contributed by atoms with Gasteiger partial charge in [0.1, 0.15) is 17.3 Å². The summed E-state index contributed by atoms with van der Waals surface area (Å²) in [5, 5.41) is 24.8. The van der Waals surface area contributed by atoms with Gasteiger partial charge in [-0.1, -0.05) is 12.1 Å². The van der Waals surface area contributed by atoms with Gasteiger partial charge in [-0.3, -0.25) is 14.4 Å². The minimum Gasteiger partial charge on any atom is -0.481 e. The number of carbonyl (C=O) groups is 4. The van der Waals surface area contributed by atoms with E-state index in [9.17, 15) is 29.4 Å². The van der Waals surface area contributed by atoms with Gasteiger partial charge in [-0.2, -0.15) is 0 Å². The molecule has 228 valence electrons. The summed E-state index contributed by atoms with van der Waals surface area (Å²) >= 11 is 0. The quantitative estimate of drug-likeness (QED) is 0.260. The first-order valence-corrected chi connectivity index (χ1v) is 14.4. The van der Waals surface area contributed by atoms with E-state index in [1.165, 1.54) is 13.8 Å². The number of piperidine rings is 1. The second-order valence-corrected chi connectivity index (χ2v) is 11.8. The Morgan fingerprint density at radius 1 is 1.26 bits per heavy atom. The molecule has 1 spiro atoms. The Kier molecular flexibility index (Phi) is 8.18. The van der Waals surface area contributed by atoms with Crippen molar-refractivity contribution in [2.75, 3.05) is 20.1 Å². The first-order valence-electron chi connectivity index (χ1n) is 14.4. The second-order valence-electron chi connectivity index (χ2n) is 11.8. The minimum atomic E-state index is -1.23. The van der Waals surface area contributed by atoms with Crippen LogP contribution in [0.25, 0.3) is 0 Å². The van der Waals surface area contributed by atoms with Crippen molar-refractivity contribution < 1.29 is 43.6 Å². The Labute approximate surface area is 244 Å². The highest BCUT2D eigenvalue weighted by Crippen LogP contribution is 2.64. The average molecular weight is 586 g/mol. The number of nitrogens with zero attached hydrogens (tertiary/aromatic N) is 1. The molecule has 2 bridgehead atoms. The minimum absolute atomic E-state index is 0.000306. The summed E-state index contributed by atoms with van der Waals surface area (Å²) < 4.78 is 17.5. The fraction of sp³-hybridized carbons (Fsp3) is 0.600. The van der Waals surface area contributed by atoms with Crippen LogP contribution >= 0.6 is 0 Å². The standard InChI is InChI=1S/C30H39N3O9/c1-16(35)20(31)6-7-23(36)32-12-9-24(37)40-17(2)28(38)41-21-8-10-30(39)22-14-18-4-5-19(15-34)26-25(18)29(30,27(21)42-26)11-13-33(22)3/h4-5,8,17,20,22,27,34,39H,6-7,9-15,31H2,1-3H3,(H,32,36)/t17-,20-,22+,27-,29-,30+/m0/s1. The number of nitrogens with one attached hydrogen (secondary N) is 1. The molecule has 12 nitrogen and oxygen atoms in total. The predicted octanol–water partition coefficient (Wildman–Crippen LogP) is 0.134. The number of hydrogen-bond acceptors (Lipinski definition) is 11. The van der Waals surface area contributed by atoms with Crippen LogP contribution in [0.2, 0.25) is 0 Å². The van der Waals surface area contributed by atoms with Crippen LogP contribution in [-0.4, -0.2) is 88.8 Å². The number of likely N-dealkylation sites (tertiary alicyclic amines) is 1. The molecule has 2 heterocycles. The van der Waals surface area contributed by atoms with E-state index < -0.39 is 41.2 Å². The topological polar surface area (TPSA) is 178 Å². The van der Waals surface area contributed by atoms with Crippen molar-refractivity contribution in [3.8, 4) is 5.75 Å². The molecule has 1 amide bonds. The van der Waals surface area contributed by atoms with Crippen molar-refractivity contribution in [3.63, 3.8) is 0 Å². The summed E-state index contributed by atoms with van der Waals surface area (Å²) in [5.41, 5.74) is 6.16. The molecule has 4 aliphatic rings. The molecule has 1 saturated heterocycles. The molecule has 1 fully saturated rings. The van der Waals surface area contributed by atoms with Crippen molar-refractivity contribution in [3.05, 3.63) is 40.7 Å². The third kappa shape index (κ3) is 4.89. The van der Waals surface area contributed by atoms with Crippen LogP contribution in [0.4, 0.5) is 0 Å². The monoisotopic (exact) mass is 585 g/mol. The van der Waals surface area contributed by atoms with Crippen LogP contribution in [0.15, 0.2) is 24.0 Å². The zero-order chi connectivity index (χ0) is 30.4. The van der Waals surface area contributed by atoms with E-state index in [0.29, 0.717) is 30.7 Å². The van der Waals surface area contributed by atoms with E-state index in [1.807, 2.05) is 19.2 Å². The molecule has 0 aromatic heterocycles. The van der Waals surface area contributed by atoms with Crippen LogP contribution in [-0.2, 0) is 47.1 Å². The molecule has 6 atom stereocenters. The van der Waals surface area contributed by atoms with Crippen LogP contribution in [0.3, 0.4) is 0 Å². The molecule has 0 radical (unpaired) electrons. The molecule has 2 aliphatic heterocycles. The molecule has 2 aliphatic carbocycles. The lowest BCUT2D eigenvalue weighted by Crippen LogP contribution is -2.74. The highest BCUT2D eigenvalue weighted by atomic mass is 16.6. The number of Topliss-reactive ketones (excluding diaryl/α,β-unsaturated/α-hetero) is 1. The number of amides is 1. The number of nitrogens with two attached hydrogens (primary N) is 1. The number of ketones is 1. The number of benzene rings is 1. The lowest BCUT2D eigenvalue weighted by atomic mass is 9.50. The first kappa shape index (κ1) is 30.1. The number of rotatable bonds is 11. The summed E-state index contributed by atoms with van der Waals surface area (Å²) in [5.74, 6) is -1.25. The van der Waals surface area contributed by atoms with Gasteiger partial charge in [0.2, 0.25) is 5.91 Å².